The molecular formula is C14H20N2O. The van der Waals surface area contributed by atoms with Gasteiger partial charge in [-0.2, -0.15) is 0 Å². The minimum atomic E-state index is 0.246. The lowest BCUT2D eigenvalue weighted by Gasteiger charge is -2.27. The zero-order chi connectivity index (χ0) is 11.9. The Hall–Kier alpha value is -1.35. The first-order valence-corrected chi connectivity index (χ1v) is 6.39. The first kappa shape index (κ1) is 12.1. The maximum Gasteiger partial charge on any atom is 0.236 e. The molecule has 3 heteroatoms. The second kappa shape index (κ2) is 6.40. The van der Waals surface area contributed by atoms with E-state index in [2.05, 4.69) is 29.6 Å². The monoisotopic (exact) mass is 232 g/mol. The van der Waals surface area contributed by atoms with Crippen LogP contribution in [0.1, 0.15) is 18.4 Å². The number of carbonyl (C=O) groups is 1. The molecule has 0 aliphatic carbocycles. The quantitative estimate of drug-likeness (QED) is 0.779. The number of amides is 1. The second-order valence-corrected chi connectivity index (χ2v) is 4.50. The van der Waals surface area contributed by atoms with Gasteiger partial charge in [-0.05, 0) is 24.8 Å². The molecule has 1 fully saturated rings. The van der Waals surface area contributed by atoms with E-state index in [1.807, 2.05) is 11.0 Å². The van der Waals surface area contributed by atoms with E-state index < -0.39 is 0 Å². The number of hydrogen-bond donors (Lipinski definition) is 1. The Morgan fingerprint density at radius 1 is 1.18 bits per heavy atom. The predicted octanol–water partition coefficient (Wildman–Crippen LogP) is 1.44. The minimum absolute atomic E-state index is 0.246. The number of hydrogen-bond acceptors (Lipinski definition) is 2. The van der Waals surface area contributed by atoms with Gasteiger partial charge in [0.05, 0.1) is 6.54 Å². The van der Waals surface area contributed by atoms with Gasteiger partial charge in [-0.25, -0.2) is 0 Å². The van der Waals surface area contributed by atoms with Gasteiger partial charge in [-0.1, -0.05) is 30.3 Å². The van der Waals surface area contributed by atoms with Crippen molar-refractivity contribution in [3.8, 4) is 0 Å². The Kier molecular flexibility index (Phi) is 4.56. The van der Waals surface area contributed by atoms with Gasteiger partial charge in [0.1, 0.15) is 0 Å². The first-order chi connectivity index (χ1) is 8.36. The van der Waals surface area contributed by atoms with Gasteiger partial charge in [0, 0.05) is 19.6 Å². The van der Waals surface area contributed by atoms with Crippen molar-refractivity contribution in [3.63, 3.8) is 0 Å². The number of piperazine rings is 1. The molecule has 1 aliphatic heterocycles. The Morgan fingerprint density at radius 3 is 2.76 bits per heavy atom. The van der Waals surface area contributed by atoms with Crippen molar-refractivity contribution in [2.45, 2.75) is 19.3 Å². The van der Waals surface area contributed by atoms with Crippen molar-refractivity contribution in [3.05, 3.63) is 35.9 Å². The van der Waals surface area contributed by atoms with Crippen LogP contribution in [0.15, 0.2) is 30.3 Å². The number of benzene rings is 1. The number of rotatable bonds is 5. The summed E-state index contributed by atoms with van der Waals surface area (Å²) in [6.07, 6.45) is 3.36. The molecule has 3 nitrogen and oxygen atoms in total. The van der Waals surface area contributed by atoms with Crippen LogP contribution in [0.3, 0.4) is 0 Å². The molecule has 17 heavy (non-hydrogen) atoms. The minimum Gasteiger partial charge on any atom is -0.340 e. The fourth-order valence-corrected chi connectivity index (χ4v) is 2.16. The van der Waals surface area contributed by atoms with E-state index in [9.17, 15) is 4.79 Å². The van der Waals surface area contributed by atoms with Crippen LogP contribution < -0.4 is 5.32 Å². The molecule has 0 radical (unpaired) electrons. The molecule has 0 atom stereocenters. The molecule has 0 spiro atoms. The SMILES string of the molecule is O=C1CNCCN1CCCCc1ccccc1. The standard InChI is InChI=1S/C14H20N2O/c17-14-12-15-9-11-16(14)10-5-4-8-13-6-2-1-3-7-13/h1-3,6-7,15H,4-5,8-12H2. The van der Waals surface area contributed by atoms with Crippen LogP contribution in [-0.2, 0) is 11.2 Å². The lowest BCUT2D eigenvalue weighted by atomic mass is 10.1. The summed E-state index contributed by atoms with van der Waals surface area (Å²) in [6, 6.07) is 10.5. The van der Waals surface area contributed by atoms with Crippen molar-refractivity contribution < 1.29 is 4.79 Å². The number of carbonyl (C=O) groups excluding carboxylic acids is 1. The lowest BCUT2D eigenvalue weighted by Crippen LogP contribution is -2.48. The molecule has 0 saturated carbocycles. The van der Waals surface area contributed by atoms with Gasteiger partial charge in [-0.15, -0.1) is 0 Å². The van der Waals surface area contributed by atoms with Gasteiger partial charge in [0.15, 0.2) is 0 Å². The maximum absolute atomic E-state index is 11.5. The fourth-order valence-electron chi connectivity index (χ4n) is 2.16. The predicted molar refractivity (Wildman–Crippen MR) is 68.8 cm³/mol. The molecule has 1 saturated heterocycles. The normalized spacial score (nSPS) is 16.2. The topological polar surface area (TPSA) is 32.3 Å². The molecule has 0 bridgehead atoms. The number of unbranched alkanes of at least 4 members (excludes halogenated alkanes) is 1. The number of nitrogens with one attached hydrogen (secondary N) is 1. The van der Waals surface area contributed by atoms with Crippen LogP contribution >= 0.6 is 0 Å². The molecule has 92 valence electrons. The van der Waals surface area contributed by atoms with Gasteiger partial charge in [0.25, 0.3) is 0 Å². The smallest absolute Gasteiger partial charge is 0.236 e. The Labute approximate surface area is 103 Å². The lowest BCUT2D eigenvalue weighted by molar-refractivity contribution is -0.131. The molecule has 1 aliphatic rings. The van der Waals surface area contributed by atoms with E-state index >= 15 is 0 Å². The van der Waals surface area contributed by atoms with Crippen molar-refractivity contribution in [2.75, 3.05) is 26.2 Å². The molecule has 2 rings (SSSR count). The van der Waals surface area contributed by atoms with Gasteiger partial charge >= 0.3 is 0 Å². The third-order valence-electron chi connectivity index (χ3n) is 3.17. The molecule has 0 aromatic heterocycles. The molecule has 1 aromatic rings. The van der Waals surface area contributed by atoms with Crippen LogP contribution in [0.25, 0.3) is 0 Å². The summed E-state index contributed by atoms with van der Waals surface area (Å²) in [6.45, 7) is 3.22. The Balaban J connectivity index is 1.64. The maximum atomic E-state index is 11.5. The summed E-state index contributed by atoms with van der Waals surface area (Å²) < 4.78 is 0. The average Bonchev–Trinajstić information content (AvgIpc) is 2.38. The highest BCUT2D eigenvalue weighted by Gasteiger charge is 2.16. The van der Waals surface area contributed by atoms with Crippen molar-refractivity contribution >= 4 is 5.91 Å². The fraction of sp³-hybridized carbons (Fsp3) is 0.500. The number of aryl methyl sites for hydroxylation is 1. The van der Waals surface area contributed by atoms with Crippen molar-refractivity contribution in [2.24, 2.45) is 0 Å². The Bertz CT molecular complexity index is 350. The molecule has 1 N–H and O–H groups in total. The highest BCUT2D eigenvalue weighted by atomic mass is 16.2. The average molecular weight is 232 g/mol. The molecule has 1 amide bonds. The summed E-state index contributed by atoms with van der Waals surface area (Å²) in [4.78, 5) is 13.5. The Morgan fingerprint density at radius 2 is 2.00 bits per heavy atom. The third-order valence-corrected chi connectivity index (χ3v) is 3.17. The van der Waals surface area contributed by atoms with Crippen molar-refractivity contribution in [1.82, 2.24) is 10.2 Å². The third kappa shape index (κ3) is 3.86. The summed E-state index contributed by atoms with van der Waals surface area (Å²) in [5, 5.41) is 3.09. The molecule has 1 heterocycles. The summed E-state index contributed by atoms with van der Waals surface area (Å²) in [5.41, 5.74) is 1.39. The number of nitrogens with zero attached hydrogens (tertiary/aromatic N) is 1. The van der Waals surface area contributed by atoms with Crippen LogP contribution in [0, 0.1) is 0 Å². The van der Waals surface area contributed by atoms with Crippen LogP contribution in [0.5, 0.6) is 0 Å². The highest BCUT2D eigenvalue weighted by Crippen LogP contribution is 2.06. The summed E-state index contributed by atoms with van der Waals surface area (Å²) in [7, 11) is 0. The molecule has 0 unspecified atom stereocenters. The van der Waals surface area contributed by atoms with E-state index in [0.717, 1.165) is 38.9 Å². The molecular weight excluding hydrogens is 212 g/mol. The van der Waals surface area contributed by atoms with E-state index in [4.69, 9.17) is 0 Å². The van der Waals surface area contributed by atoms with Gasteiger partial charge in [-0.3, -0.25) is 4.79 Å². The van der Waals surface area contributed by atoms with E-state index in [0.29, 0.717) is 6.54 Å². The van der Waals surface area contributed by atoms with Crippen molar-refractivity contribution in [1.29, 1.82) is 0 Å². The second-order valence-electron chi connectivity index (χ2n) is 4.50. The van der Waals surface area contributed by atoms with Crippen LogP contribution in [0.4, 0.5) is 0 Å². The zero-order valence-electron chi connectivity index (χ0n) is 10.2. The van der Waals surface area contributed by atoms with E-state index in [1.54, 1.807) is 0 Å². The summed E-state index contributed by atoms with van der Waals surface area (Å²) in [5.74, 6) is 0.246. The highest BCUT2D eigenvalue weighted by molar-refractivity contribution is 5.78. The first-order valence-electron chi connectivity index (χ1n) is 6.39. The van der Waals surface area contributed by atoms with E-state index in [-0.39, 0.29) is 5.91 Å². The van der Waals surface area contributed by atoms with Crippen LogP contribution in [0.2, 0.25) is 0 Å². The molecule has 1 aromatic carbocycles. The summed E-state index contributed by atoms with van der Waals surface area (Å²) >= 11 is 0. The van der Waals surface area contributed by atoms with Gasteiger partial charge < -0.3 is 10.2 Å². The largest absolute Gasteiger partial charge is 0.340 e. The van der Waals surface area contributed by atoms with E-state index in [1.165, 1.54) is 5.56 Å². The van der Waals surface area contributed by atoms with Crippen LogP contribution in [-0.4, -0.2) is 37.0 Å². The van der Waals surface area contributed by atoms with Gasteiger partial charge in [0.2, 0.25) is 5.91 Å². The zero-order valence-corrected chi connectivity index (χ0v) is 10.2.